The van der Waals surface area contributed by atoms with E-state index in [0.717, 1.165) is 16.8 Å². The molecule has 0 amide bonds. The normalized spacial score (nSPS) is 22.0. The predicted octanol–water partition coefficient (Wildman–Crippen LogP) is 1.11. The molecule has 104 valence electrons. The number of hydrogen-bond acceptors (Lipinski definition) is 3. The Labute approximate surface area is 114 Å². The van der Waals surface area contributed by atoms with Gasteiger partial charge in [-0.3, -0.25) is 4.79 Å². The van der Waals surface area contributed by atoms with Gasteiger partial charge in [0, 0.05) is 18.8 Å². The zero-order chi connectivity index (χ0) is 14.1. The lowest BCUT2D eigenvalue weighted by molar-refractivity contribution is -0.141. The molecule has 2 heterocycles. The number of aromatic nitrogens is 2. The van der Waals surface area contributed by atoms with Crippen molar-refractivity contribution < 1.29 is 9.90 Å². The summed E-state index contributed by atoms with van der Waals surface area (Å²) in [7, 11) is 0. The van der Waals surface area contributed by atoms with Crippen LogP contribution in [0.25, 0.3) is 11.3 Å². The smallest absolute Gasteiger partial charge is 0.323 e. The van der Waals surface area contributed by atoms with Crippen molar-refractivity contribution >= 4 is 5.97 Å². The van der Waals surface area contributed by atoms with E-state index in [4.69, 9.17) is 5.11 Å². The van der Waals surface area contributed by atoms with Crippen molar-refractivity contribution in [2.24, 2.45) is 5.92 Å². The Kier molecular flexibility index (Phi) is 3.15. The third-order valence-electron chi connectivity index (χ3n) is 3.68. The Balaban J connectivity index is 1.85. The minimum Gasteiger partial charge on any atom is -0.481 e. The van der Waals surface area contributed by atoms with Crippen LogP contribution in [0.4, 0.5) is 0 Å². The predicted molar refractivity (Wildman–Crippen MR) is 73.3 cm³/mol. The third-order valence-corrected chi connectivity index (χ3v) is 3.68. The van der Waals surface area contributed by atoms with E-state index >= 15 is 0 Å². The summed E-state index contributed by atoms with van der Waals surface area (Å²) in [4.78, 5) is 27.4. The molecule has 0 spiro atoms. The number of carboxylic acids is 1. The highest BCUT2D eigenvalue weighted by Gasteiger charge is 2.30. The Morgan fingerprint density at radius 1 is 1.35 bits per heavy atom. The largest absolute Gasteiger partial charge is 0.481 e. The molecule has 1 aromatic carbocycles. The summed E-state index contributed by atoms with van der Waals surface area (Å²) in [6.07, 6.45) is 2.21. The van der Waals surface area contributed by atoms with Gasteiger partial charge in [-0.25, -0.2) is 4.79 Å². The second-order valence-corrected chi connectivity index (χ2v) is 5.01. The number of rotatable bonds is 3. The molecule has 1 saturated heterocycles. The lowest BCUT2D eigenvalue weighted by Crippen LogP contribution is -2.17. The molecule has 1 aliphatic rings. The van der Waals surface area contributed by atoms with Crippen LogP contribution in [0.3, 0.4) is 0 Å². The first-order valence-electron chi connectivity index (χ1n) is 6.47. The number of aliphatic carboxylic acids is 1. The molecule has 3 rings (SSSR count). The van der Waals surface area contributed by atoms with Crippen LogP contribution in [0.1, 0.15) is 18.0 Å². The molecule has 6 nitrogen and oxygen atoms in total. The lowest BCUT2D eigenvalue weighted by atomic mass is 9.98. The zero-order valence-corrected chi connectivity index (χ0v) is 10.7. The van der Waals surface area contributed by atoms with E-state index in [-0.39, 0.29) is 17.6 Å². The van der Waals surface area contributed by atoms with Crippen molar-refractivity contribution in [3.8, 4) is 11.3 Å². The second kappa shape index (κ2) is 4.97. The van der Waals surface area contributed by atoms with Crippen LogP contribution in [0, 0.1) is 5.92 Å². The van der Waals surface area contributed by atoms with E-state index in [0.29, 0.717) is 13.0 Å². The average Bonchev–Trinajstić information content (AvgIpc) is 3.07. The Morgan fingerprint density at radius 2 is 2.20 bits per heavy atom. The number of imidazole rings is 1. The molecule has 1 aromatic heterocycles. The molecule has 0 saturated carbocycles. The summed E-state index contributed by atoms with van der Waals surface area (Å²) < 4.78 is 0. The van der Waals surface area contributed by atoms with E-state index in [1.807, 2.05) is 24.3 Å². The molecule has 0 bridgehead atoms. The van der Waals surface area contributed by atoms with E-state index in [9.17, 15) is 9.59 Å². The number of hydrogen-bond donors (Lipinski definition) is 4. The van der Waals surface area contributed by atoms with Gasteiger partial charge in [0.25, 0.3) is 0 Å². The quantitative estimate of drug-likeness (QED) is 0.673. The number of aromatic amines is 2. The molecular formula is C14H15N3O3. The van der Waals surface area contributed by atoms with Crippen molar-refractivity contribution in [2.75, 3.05) is 6.54 Å². The summed E-state index contributed by atoms with van der Waals surface area (Å²) in [5, 5.41) is 12.3. The number of carboxylic acid groups (broad SMARTS) is 1. The highest BCUT2D eigenvalue weighted by Crippen LogP contribution is 2.29. The molecule has 1 aliphatic heterocycles. The van der Waals surface area contributed by atoms with E-state index in [1.165, 1.54) is 0 Å². The van der Waals surface area contributed by atoms with Gasteiger partial charge >= 0.3 is 11.7 Å². The number of carbonyl (C=O) groups is 1. The van der Waals surface area contributed by atoms with Gasteiger partial charge in [-0.05, 0) is 23.6 Å². The van der Waals surface area contributed by atoms with Crippen LogP contribution in [0.5, 0.6) is 0 Å². The molecular weight excluding hydrogens is 258 g/mol. The van der Waals surface area contributed by atoms with Gasteiger partial charge in [0.15, 0.2) is 0 Å². The van der Waals surface area contributed by atoms with Gasteiger partial charge < -0.3 is 20.4 Å². The Bertz CT molecular complexity index is 689. The van der Waals surface area contributed by atoms with Crippen LogP contribution >= 0.6 is 0 Å². The van der Waals surface area contributed by atoms with Gasteiger partial charge in [0.2, 0.25) is 0 Å². The van der Waals surface area contributed by atoms with Crippen LogP contribution in [0.15, 0.2) is 35.3 Å². The Morgan fingerprint density at radius 3 is 2.85 bits per heavy atom. The maximum absolute atomic E-state index is 11.1. The van der Waals surface area contributed by atoms with Crippen LogP contribution < -0.4 is 11.0 Å². The molecule has 1 fully saturated rings. The maximum atomic E-state index is 11.1. The molecule has 2 atom stereocenters. The maximum Gasteiger partial charge on any atom is 0.323 e. The molecule has 2 aromatic rings. The summed E-state index contributed by atoms with van der Waals surface area (Å²) >= 11 is 0. The first-order chi connectivity index (χ1) is 9.63. The van der Waals surface area contributed by atoms with Crippen LogP contribution in [-0.2, 0) is 4.79 Å². The minimum absolute atomic E-state index is 0.0433. The molecule has 20 heavy (non-hydrogen) atoms. The van der Waals surface area contributed by atoms with E-state index in [1.54, 1.807) is 6.20 Å². The fraction of sp³-hybridized carbons (Fsp3) is 0.286. The number of benzene rings is 1. The monoisotopic (exact) mass is 273 g/mol. The van der Waals surface area contributed by atoms with Crippen molar-refractivity contribution in [2.45, 2.75) is 12.5 Å². The van der Waals surface area contributed by atoms with E-state index < -0.39 is 5.97 Å². The highest BCUT2D eigenvalue weighted by atomic mass is 16.4. The van der Waals surface area contributed by atoms with Crippen LogP contribution in [-0.4, -0.2) is 27.6 Å². The fourth-order valence-electron chi connectivity index (χ4n) is 2.59. The zero-order valence-electron chi connectivity index (χ0n) is 10.7. The summed E-state index contributed by atoms with van der Waals surface area (Å²) in [6.45, 7) is 0.491. The number of H-pyrrole nitrogens is 2. The van der Waals surface area contributed by atoms with Crippen LogP contribution in [0.2, 0.25) is 0 Å². The molecule has 2 unspecified atom stereocenters. The fourth-order valence-corrected chi connectivity index (χ4v) is 2.59. The third kappa shape index (κ3) is 2.37. The summed E-state index contributed by atoms with van der Waals surface area (Å²) in [6, 6.07) is 7.80. The van der Waals surface area contributed by atoms with Crippen molar-refractivity contribution in [3.05, 3.63) is 46.5 Å². The van der Waals surface area contributed by atoms with Crippen molar-refractivity contribution in [1.82, 2.24) is 15.3 Å². The molecule has 4 N–H and O–H groups in total. The minimum atomic E-state index is -0.758. The summed E-state index contributed by atoms with van der Waals surface area (Å²) in [5.74, 6) is -1.10. The number of nitrogens with one attached hydrogen (secondary N) is 3. The van der Waals surface area contributed by atoms with Crippen molar-refractivity contribution in [3.63, 3.8) is 0 Å². The average molecular weight is 273 g/mol. The van der Waals surface area contributed by atoms with E-state index in [2.05, 4.69) is 15.3 Å². The highest BCUT2D eigenvalue weighted by molar-refractivity contribution is 5.71. The molecule has 6 heteroatoms. The van der Waals surface area contributed by atoms with Gasteiger partial charge in [-0.15, -0.1) is 0 Å². The van der Waals surface area contributed by atoms with Gasteiger partial charge in [0.05, 0.1) is 11.6 Å². The summed E-state index contributed by atoms with van der Waals surface area (Å²) in [5.41, 5.74) is 2.43. The van der Waals surface area contributed by atoms with Gasteiger partial charge in [0.1, 0.15) is 0 Å². The Hall–Kier alpha value is -2.34. The SMILES string of the molecule is O=C(O)C1CNC(c2cccc(-c3c[nH]c(=O)[nH]3)c2)C1. The second-order valence-electron chi connectivity index (χ2n) is 5.01. The topological polar surface area (TPSA) is 98.0 Å². The molecule has 0 radical (unpaired) electrons. The first kappa shape index (κ1) is 12.7. The first-order valence-corrected chi connectivity index (χ1v) is 6.47. The van der Waals surface area contributed by atoms with Crippen molar-refractivity contribution in [1.29, 1.82) is 0 Å². The standard InChI is InChI=1S/C14H15N3O3/c18-13(19)10-5-11(15-6-10)8-2-1-3-9(4-8)12-7-16-14(20)17-12/h1-4,7,10-11,15H,5-6H2,(H,18,19)(H2,16,17,20). The van der Waals surface area contributed by atoms with Gasteiger partial charge in [-0.2, -0.15) is 0 Å². The van der Waals surface area contributed by atoms with Gasteiger partial charge in [-0.1, -0.05) is 18.2 Å². The lowest BCUT2D eigenvalue weighted by Gasteiger charge is -2.11. The molecule has 0 aliphatic carbocycles.